The SMILES string of the molecule is CCOP(=O)(OCC)C(CCCCCCc1ccccc1)C(C)=O. The van der Waals surface area contributed by atoms with Crippen LogP contribution in [-0.2, 0) is 24.8 Å². The van der Waals surface area contributed by atoms with Gasteiger partial charge in [0.05, 0.1) is 13.2 Å². The second-order valence-electron chi connectivity index (χ2n) is 5.94. The first-order valence-electron chi connectivity index (χ1n) is 8.96. The number of ketones is 1. The third kappa shape index (κ3) is 7.29. The molecule has 0 aliphatic heterocycles. The van der Waals surface area contributed by atoms with Gasteiger partial charge in [0, 0.05) is 0 Å². The maximum atomic E-state index is 12.8. The second-order valence-corrected chi connectivity index (χ2v) is 8.16. The van der Waals surface area contributed by atoms with Gasteiger partial charge in [-0.15, -0.1) is 0 Å². The van der Waals surface area contributed by atoms with E-state index in [2.05, 4.69) is 24.3 Å². The normalized spacial score (nSPS) is 13.0. The Labute approximate surface area is 146 Å². The lowest BCUT2D eigenvalue weighted by molar-refractivity contribution is -0.117. The van der Waals surface area contributed by atoms with Gasteiger partial charge in [-0.2, -0.15) is 0 Å². The predicted molar refractivity (Wildman–Crippen MR) is 98.6 cm³/mol. The molecule has 5 heteroatoms. The molecule has 1 aromatic rings. The maximum absolute atomic E-state index is 12.8. The highest BCUT2D eigenvalue weighted by atomic mass is 31.2. The van der Waals surface area contributed by atoms with Gasteiger partial charge in [-0.3, -0.25) is 9.36 Å². The molecule has 0 aliphatic carbocycles. The summed E-state index contributed by atoms with van der Waals surface area (Å²) in [6, 6.07) is 10.4. The van der Waals surface area contributed by atoms with Crippen LogP contribution < -0.4 is 0 Å². The second kappa shape index (κ2) is 11.6. The Kier molecular flexibility index (Phi) is 10.2. The quantitative estimate of drug-likeness (QED) is 0.351. The van der Waals surface area contributed by atoms with Crippen LogP contribution in [0.5, 0.6) is 0 Å². The minimum Gasteiger partial charge on any atom is -0.308 e. The van der Waals surface area contributed by atoms with Gasteiger partial charge in [0.25, 0.3) is 0 Å². The lowest BCUT2D eigenvalue weighted by Crippen LogP contribution is -2.21. The van der Waals surface area contributed by atoms with E-state index < -0.39 is 13.3 Å². The van der Waals surface area contributed by atoms with Crippen molar-refractivity contribution >= 4 is 13.4 Å². The molecule has 0 N–H and O–H groups in total. The average molecular weight is 354 g/mol. The smallest absolute Gasteiger partial charge is 0.308 e. The molecular formula is C19H31O4P. The summed E-state index contributed by atoms with van der Waals surface area (Å²) < 4.78 is 23.5. The standard InChI is InChI=1S/C19H31O4P/c1-4-22-24(21,23-5-2)19(17(3)20)16-12-7-6-9-13-18-14-10-8-11-15-18/h8,10-11,14-15,19H,4-7,9,12-13,16H2,1-3H3. The molecular weight excluding hydrogens is 323 g/mol. The van der Waals surface area contributed by atoms with Crippen LogP contribution in [0.15, 0.2) is 30.3 Å². The van der Waals surface area contributed by atoms with Gasteiger partial charge in [0.2, 0.25) is 0 Å². The first-order chi connectivity index (χ1) is 11.5. The highest BCUT2D eigenvalue weighted by Crippen LogP contribution is 2.54. The van der Waals surface area contributed by atoms with Crippen molar-refractivity contribution in [3.05, 3.63) is 35.9 Å². The fraction of sp³-hybridized carbons (Fsp3) is 0.632. The third-order valence-corrected chi connectivity index (χ3v) is 6.63. The zero-order chi connectivity index (χ0) is 17.8. The number of benzene rings is 1. The first-order valence-corrected chi connectivity index (χ1v) is 10.6. The van der Waals surface area contributed by atoms with Crippen molar-refractivity contribution in [2.24, 2.45) is 0 Å². The van der Waals surface area contributed by atoms with E-state index in [-0.39, 0.29) is 19.0 Å². The minimum atomic E-state index is -3.34. The Hall–Kier alpha value is -0.960. The molecule has 0 amide bonds. The molecule has 0 saturated carbocycles. The van der Waals surface area contributed by atoms with E-state index in [4.69, 9.17) is 9.05 Å². The van der Waals surface area contributed by atoms with Crippen LogP contribution in [0.3, 0.4) is 0 Å². The molecule has 0 aromatic heterocycles. The summed E-state index contributed by atoms with van der Waals surface area (Å²) in [6.07, 6.45) is 5.76. The lowest BCUT2D eigenvalue weighted by Gasteiger charge is -2.24. The summed E-state index contributed by atoms with van der Waals surface area (Å²) in [7, 11) is -3.34. The number of hydrogen-bond acceptors (Lipinski definition) is 4. The summed E-state index contributed by atoms with van der Waals surface area (Å²) in [5, 5.41) is 0. The molecule has 0 fully saturated rings. The fourth-order valence-electron chi connectivity index (χ4n) is 2.83. The zero-order valence-electron chi connectivity index (χ0n) is 15.2. The van der Waals surface area contributed by atoms with E-state index in [1.807, 2.05) is 6.07 Å². The van der Waals surface area contributed by atoms with Gasteiger partial charge >= 0.3 is 7.60 Å². The Morgan fingerprint density at radius 1 is 1.00 bits per heavy atom. The molecule has 1 aromatic carbocycles. The van der Waals surface area contributed by atoms with Crippen molar-refractivity contribution in [3.8, 4) is 0 Å². The highest BCUT2D eigenvalue weighted by molar-refractivity contribution is 7.55. The van der Waals surface area contributed by atoms with Gasteiger partial charge in [-0.25, -0.2) is 0 Å². The van der Waals surface area contributed by atoms with Crippen LogP contribution in [-0.4, -0.2) is 24.7 Å². The number of carbonyl (C=O) groups is 1. The number of Topliss-reactive ketones (excluding diaryl/α,β-unsaturated/α-hetero) is 1. The van der Waals surface area contributed by atoms with Gasteiger partial charge < -0.3 is 9.05 Å². The van der Waals surface area contributed by atoms with E-state index in [0.717, 1.165) is 32.1 Å². The first kappa shape index (κ1) is 21.1. The summed E-state index contributed by atoms with van der Waals surface area (Å²) in [6.45, 7) is 5.60. The number of carbonyl (C=O) groups excluding carboxylic acids is 1. The topological polar surface area (TPSA) is 52.6 Å². The van der Waals surface area contributed by atoms with Crippen LogP contribution in [0.25, 0.3) is 0 Å². The van der Waals surface area contributed by atoms with Crippen molar-refractivity contribution < 1.29 is 18.4 Å². The summed E-state index contributed by atoms with van der Waals surface area (Å²) in [4.78, 5) is 11.9. The van der Waals surface area contributed by atoms with Crippen molar-refractivity contribution in [3.63, 3.8) is 0 Å². The van der Waals surface area contributed by atoms with E-state index in [1.54, 1.807) is 13.8 Å². The van der Waals surface area contributed by atoms with E-state index in [9.17, 15) is 9.36 Å². The fourth-order valence-corrected chi connectivity index (χ4v) is 4.92. The number of aryl methyl sites for hydroxylation is 1. The van der Waals surface area contributed by atoms with E-state index >= 15 is 0 Å². The van der Waals surface area contributed by atoms with Crippen molar-refractivity contribution in [1.82, 2.24) is 0 Å². The lowest BCUT2D eigenvalue weighted by atomic mass is 10.0. The predicted octanol–water partition coefficient (Wildman–Crippen LogP) is 5.40. The molecule has 0 heterocycles. The van der Waals surface area contributed by atoms with Crippen molar-refractivity contribution in [2.75, 3.05) is 13.2 Å². The van der Waals surface area contributed by atoms with Gasteiger partial charge in [0.15, 0.2) is 0 Å². The van der Waals surface area contributed by atoms with Crippen LogP contribution in [0, 0.1) is 0 Å². The Balaban J connectivity index is 2.38. The number of rotatable bonds is 13. The summed E-state index contributed by atoms with van der Waals surface area (Å²) in [5.41, 5.74) is 0.725. The van der Waals surface area contributed by atoms with Crippen molar-refractivity contribution in [1.29, 1.82) is 0 Å². The molecule has 136 valence electrons. The monoisotopic (exact) mass is 354 g/mol. The van der Waals surface area contributed by atoms with Crippen LogP contribution in [0.1, 0.15) is 58.4 Å². The molecule has 0 aliphatic rings. The van der Waals surface area contributed by atoms with Crippen LogP contribution in [0.4, 0.5) is 0 Å². The molecule has 24 heavy (non-hydrogen) atoms. The third-order valence-electron chi connectivity index (χ3n) is 4.00. The Morgan fingerprint density at radius 3 is 2.12 bits per heavy atom. The summed E-state index contributed by atoms with van der Waals surface area (Å²) >= 11 is 0. The summed E-state index contributed by atoms with van der Waals surface area (Å²) in [5.74, 6) is -0.107. The van der Waals surface area contributed by atoms with Gasteiger partial charge in [-0.05, 0) is 45.6 Å². The molecule has 0 radical (unpaired) electrons. The van der Waals surface area contributed by atoms with E-state index in [1.165, 1.54) is 12.5 Å². The minimum absolute atomic E-state index is 0.107. The highest BCUT2D eigenvalue weighted by Gasteiger charge is 2.38. The van der Waals surface area contributed by atoms with Crippen LogP contribution >= 0.6 is 7.60 Å². The average Bonchev–Trinajstić information content (AvgIpc) is 2.55. The molecule has 1 rings (SSSR count). The molecule has 1 atom stereocenters. The molecule has 4 nitrogen and oxygen atoms in total. The molecule has 1 unspecified atom stereocenters. The zero-order valence-corrected chi connectivity index (χ0v) is 16.1. The van der Waals surface area contributed by atoms with Crippen molar-refractivity contribution in [2.45, 2.75) is 65.0 Å². The largest absolute Gasteiger partial charge is 0.341 e. The Bertz CT molecular complexity index is 505. The Morgan fingerprint density at radius 2 is 1.58 bits per heavy atom. The molecule has 0 spiro atoms. The molecule has 0 bridgehead atoms. The number of unbranched alkanes of at least 4 members (excludes halogenated alkanes) is 3. The molecule has 0 saturated heterocycles. The maximum Gasteiger partial charge on any atom is 0.341 e. The van der Waals surface area contributed by atoms with Gasteiger partial charge in [0.1, 0.15) is 11.4 Å². The van der Waals surface area contributed by atoms with Gasteiger partial charge in [-0.1, -0.05) is 49.6 Å². The number of hydrogen-bond donors (Lipinski definition) is 0. The van der Waals surface area contributed by atoms with E-state index in [0.29, 0.717) is 6.42 Å². The van der Waals surface area contributed by atoms with Crippen LogP contribution in [0.2, 0.25) is 0 Å².